The first-order valence-corrected chi connectivity index (χ1v) is 7.95. The molecule has 20 heavy (non-hydrogen) atoms. The third-order valence-corrected chi connectivity index (χ3v) is 5.26. The summed E-state index contributed by atoms with van der Waals surface area (Å²) in [6, 6.07) is 0. The Bertz CT molecular complexity index is 560. The molecule has 1 aromatic heterocycles. The van der Waals surface area contributed by atoms with Gasteiger partial charge in [-0.3, -0.25) is 4.79 Å². The Balaban J connectivity index is 1.94. The quantitative estimate of drug-likeness (QED) is 0.872. The molecule has 1 fully saturated rings. The molecule has 108 valence electrons. The fourth-order valence-electron chi connectivity index (χ4n) is 2.72. The van der Waals surface area contributed by atoms with E-state index in [1.807, 2.05) is 0 Å². The monoisotopic (exact) mass is 293 g/mol. The zero-order valence-electron chi connectivity index (χ0n) is 11.8. The summed E-state index contributed by atoms with van der Waals surface area (Å²) in [5.41, 5.74) is 1.68. The van der Waals surface area contributed by atoms with E-state index in [4.69, 9.17) is 4.74 Å². The summed E-state index contributed by atoms with van der Waals surface area (Å²) in [6.07, 6.45) is 4.90. The normalized spacial score (nSPS) is 21.2. The molecule has 2 aliphatic rings. The number of fused-ring (bicyclic) bond motifs is 1. The van der Waals surface area contributed by atoms with Gasteiger partial charge in [0.2, 0.25) is 5.91 Å². The fourth-order valence-corrected chi connectivity index (χ4v) is 4.12. The molecule has 0 unspecified atom stereocenters. The van der Waals surface area contributed by atoms with Gasteiger partial charge in [-0.25, -0.2) is 4.79 Å². The summed E-state index contributed by atoms with van der Waals surface area (Å²) in [4.78, 5) is 25.2. The number of methoxy groups -OCH3 is 1. The minimum Gasteiger partial charge on any atom is -0.465 e. The van der Waals surface area contributed by atoms with Gasteiger partial charge in [0.15, 0.2) is 0 Å². The van der Waals surface area contributed by atoms with Crippen molar-refractivity contribution in [1.29, 1.82) is 0 Å². The van der Waals surface area contributed by atoms with Crippen LogP contribution in [0.2, 0.25) is 0 Å². The number of anilines is 1. The van der Waals surface area contributed by atoms with E-state index in [1.165, 1.54) is 12.0 Å². The molecule has 1 amide bonds. The van der Waals surface area contributed by atoms with Crippen molar-refractivity contribution < 1.29 is 14.3 Å². The second-order valence-electron chi connectivity index (χ2n) is 5.81. The summed E-state index contributed by atoms with van der Waals surface area (Å²) in [6.45, 7) is 2.23. The van der Waals surface area contributed by atoms with Crippen LogP contribution in [-0.4, -0.2) is 19.0 Å². The zero-order valence-corrected chi connectivity index (χ0v) is 12.6. The summed E-state index contributed by atoms with van der Waals surface area (Å²) < 4.78 is 4.90. The Hall–Kier alpha value is -1.36. The Morgan fingerprint density at radius 2 is 2.05 bits per heavy atom. The standard InChI is InChI=1S/C15H19NO3S/c1-8-3-6-10-11(7-8)20-14(12(10)15(18)19-2)16-13(17)9-4-5-9/h8-9H,3-7H2,1-2H3,(H,16,17)/t8-/m0/s1. The minimum atomic E-state index is -0.330. The Morgan fingerprint density at radius 3 is 2.70 bits per heavy atom. The van der Waals surface area contributed by atoms with Gasteiger partial charge in [0.1, 0.15) is 5.00 Å². The van der Waals surface area contributed by atoms with E-state index in [1.54, 1.807) is 11.3 Å². The number of carbonyl (C=O) groups excluding carboxylic acids is 2. The van der Waals surface area contributed by atoms with Crippen LogP contribution in [0, 0.1) is 11.8 Å². The lowest BCUT2D eigenvalue weighted by atomic mass is 9.88. The molecule has 1 N–H and O–H groups in total. The number of amides is 1. The number of hydrogen-bond donors (Lipinski definition) is 1. The Kier molecular flexibility index (Phi) is 3.54. The van der Waals surface area contributed by atoms with Crippen LogP contribution >= 0.6 is 11.3 Å². The second-order valence-corrected chi connectivity index (χ2v) is 6.92. The summed E-state index contributed by atoms with van der Waals surface area (Å²) in [7, 11) is 1.39. The maximum absolute atomic E-state index is 12.0. The number of rotatable bonds is 3. The fraction of sp³-hybridized carbons (Fsp3) is 0.600. The summed E-state index contributed by atoms with van der Waals surface area (Å²) in [5, 5.41) is 3.63. The highest BCUT2D eigenvalue weighted by molar-refractivity contribution is 7.17. The van der Waals surface area contributed by atoms with Gasteiger partial charge in [-0.2, -0.15) is 0 Å². The third-order valence-electron chi connectivity index (χ3n) is 4.09. The van der Waals surface area contributed by atoms with E-state index in [2.05, 4.69) is 12.2 Å². The maximum atomic E-state index is 12.0. The third kappa shape index (κ3) is 2.46. The van der Waals surface area contributed by atoms with Crippen molar-refractivity contribution in [3.63, 3.8) is 0 Å². The zero-order chi connectivity index (χ0) is 14.3. The number of thiophene rings is 1. The van der Waals surface area contributed by atoms with Gasteiger partial charge in [0.05, 0.1) is 12.7 Å². The SMILES string of the molecule is COC(=O)c1c(NC(=O)C2CC2)sc2c1CC[C@H](C)C2. The molecule has 0 aliphatic heterocycles. The van der Waals surface area contributed by atoms with E-state index in [-0.39, 0.29) is 17.8 Å². The molecule has 0 bridgehead atoms. The highest BCUT2D eigenvalue weighted by Crippen LogP contribution is 2.41. The van der Waals surface area contributed by atoms with Crippen molar-refractivity contribution in [2.75, 3.05) is 12.4 Å². The van der Waals surface area contributed by atoms with E-state index >= 15 is 0 Å². The highest BCUT2D eigenvalue weighted by Gasteiger charge is 2.33. The van der Waals surface area contributed by atoms with E-state index in [0.717, 1.165) is 37.7 Å². The number of nitrogens with one attached hydrogen (secondary N) is 1. The molecular formula is C15H19NO3S. The van der Waals surface area contributed by atoms with Gasteiger partial charge in [-0.15, -0.1) is 11.3 Å². The van der Waals surface area contributed by atoms with Crippen LogP contribution in [0.3, 0.4) is 0 Å². The average molecular weight is 293 g/mol. The molecule has 0 aromatic carbocycles. The molecule has 4 nitrogen and oxygen atoms in total. The lowest BCUT2D eigenvalue weighted by Gasteiger charge is -2.18. The molecule has 1 atom stereocenters. The summed E-state index contributed by atoms with van der Waals surface area (Å²) >= 11 is 1.55. The molecule has 1 aromatic rings. The van der Waals surface area contributed by atoms with Crippen LogP contribution in [0.4, 0.5) is 5.00 Å². The number of carbonyl (C=O) groups is 2. The van der Waals surface area contributed by atoms with Gasteiger partial charge in [-0.05, 0) is 43.6 Å². The van der Waals surface area contributed by atoms with E-state index in [0.29, 0.717) is 16.5 Å². The number of esters is 1. The number of ether oxygens (including phenoxy) is 1. The molecule has 2 aliphatic carbocycles. The first-order chi connectivity index (χ1) is 9.60. The first-order valence-electron chi connectivity index (χ1n) is 7.13. The van der Waals surface area contributed by atoms with E-state index < -0.39 is 0 Å². The molecule has 0 radical (unpaired) electrons. The van der Waals surface area contributed by atoms with Gasteiger partial charge >= 0.3 is 5.97 Å². The van der Waals surface area contributed by atoms with Crippen molar-refractivity contribution in [3.8, 4) is 0 Å². The lowest BCUT2D eigenvalue weighted by Crippen LogP contribution is -2.16. The first kappa shape index (κ1) is 13.6. The van der Waals surface area contributed by atoms with Crippen LogP contribution in [0.5, 0.6) is 0 Å². The molecular weight excluding hydrogens is 274 g/mol. The van der Waals surface area contributed by atoms with Crippen molar-refractivity contribution >= 4 is 28.2 Å². The van der Waals surface area contributed by atoms with Crippen molar-refractivity contribution in [2.45, 2.75) is 39.0 Å². The largest absolute Gasteiger partial charge is 0.465 e. The topological polar surface area (TPSA) is 55.4 Å². The summed E-state index contributed by atoms with van der Waals surface area (Å²) in [5.74, 6) is 0.488. The maximum Gasteiger partial charge on any atom is 0.341 e. The molecule has 0 spiro atoms. The lowest BCUT2D eigenvalue weighted by molar-refractivity contribution is -0.117. The van der Waals surface area contributed by atoms with Crippen molar-refractivity contribution in [2.24, 2.45) is 11.8 Å². The molecule has 3 rings (SSSR count). The van der Waals surface area contributed by atoms with Crippen molar-refractivity contribution in [1.82, 2.24) is 0 Å². The van der Waals surface area contributed by atoms with Crippen LogP contribution < -0.4 is 5.32 Å². The highest BCUT2D eigenvalue weighted by atomic mass is 32.1. The Labute approximate surface area is 122 Å². The van der Waals surface area contributed by atoms with Gasteiger partial charge < -0.3 is 10.1 Å². The number of hydrogen-bond acceptors (Lipinski definition) is 4. The Morgan fingerprint density at radius 1 is 1.30 bits per heavy atom. The average Bonchev–Trinajstić information content (AvgIpc) is 3.20. The van der Waals surface area contributed by atoms with Crippen LogP contribution in [0.15, 0.2) is 0 Å². The molecule has 1 heterocycles. The van der Waals surface area contributed by atoms with Gasteiger partial charge in [0.25, 0.3) is 0 Å². The smallest absolute Gasteiger partial charge is 0.341 e. The van der Waals surface area contributed by atoms with Crippen LogP contribution in [0.1, 0.15) is 47.0 Å². The van der Waals surface area contributed by atoms with Crippen LogP contribution in [-0.2, 0) is 22.4 Å². The van der Waals surface area contributed by atoms with Gasteiger partial charge in [-0.1, -0.05) is 6.92 Å². The second kappa shape index (κ2) is 5.20. The van der Waals surface area contributed by atoms with Crippen LogP contribution in [0.25, 0.3) is 0 Å². The predicted octanol–water partition coefficient (Wildman–Crippen LogP) is 3.01. The van der Waals surface area contributed by atoms with E-state index in [9.17, 15) is 9.59 Å². The molecule has 5 heteroatoms. The van der Waals surface area contributed by atoms with Gasteiger partial charge in [0, 0.05) is 10.8 Å². The predicted molar refractivity (Wildman–Crippen MR) is 78.2 cm³/mol. The molecule has 1 saturated carbocycles. The molecule has 0 saturated heterocycles. The minimum absolute atomic E-state index is 0.0433. The van der Waals surface area contributed by atoms with Crippen molar-refractivity contribution in [3.05, 3.63) is 16.0 Å².